The van der Waals surface area contributed by atoms with Crippen molar-refractivity contribution in [1.29, 1.82) is 0 Å². The lowest BCUT2D eigenvalue weighted by Crippen LogP contribution is -2.59. The molecule has 3 fully saturated rings. The van der Waals surface area contributed by atoms with Crippen molar-refractivity contribution in [2.24, 2.45) is 35.0 Å². The summed E-state index contributed by atoms with van der Waals surface area (Å²) >= 11 is 0. The molecule has 214 valence electrons. The quantitative estimate of drug-likeness (QED) is 0.123. The highest BCUT2D eigenvalue weighted by Crippen LogP contribution is 2.66. The minimum atomic E-state index is -3.73. The van der Waals surface area contributed by atoms with Crippen LogP contribution in [0, 0.1) is 35.0 Å². The van der Waals surface area contributed by atoms with Gasteiger partial charge in [0.05, 0.1) is 11.7 Å². The van der Waals surface area contributed by atoms with Gasteiger partial charge < -0.3 is 23.9 Å². The first kappa shape index (κ1) is 29.9. The number of nitrogens with one attached hydrogen (secondary N) is 1. The number of fused-ring (bicyclic) bond motifs is 2. The van der Waals surface area contributed by atoms with Gasteiger partial charge in [-0.25, -0.2) is 0 Å². The van der Waals surface area contributed by atoms with Crippen LogP contribution in [0.15, 0.2) is 42.5 Å². The molecule has 4 rings (SSSR count). The average Bonchev–Trinajstić information content (AvgIpc) is 3.53. The molecule has 8 nitrogen and oxygen atoms in total. The number of ketones is 1. The van der Waals surface area contributed by atoms with E-state index in [1.807, 2.05) is 49.4 Å². The number of amides is 1. The Hall–Kier alpha value is -2.12. The van der Waals surface area contributed by atoms with E-state index in [1.165, 1.54) is 14.2 Å². The first-order valence-corrected chi connectivity index (χ1v) is 15.6. The van der Waals surface area contributed by atoms with Crippen molar-refractivity contribution in [3.8, 4) is 0 Å². The summed E-state index contributed by atoms with van der Waals surface area (Å²) in [6.07, 6.45) is 6.15. The highest BCUT2D eigenvalue weighted by atomic mass is 31.2. The topological polar surface area (TPSA) is 111 Å². The van der Waals surface area contributed by atoms with E-state index >= 15 is 0 Å². The maximum atomic E-state index is 14.3. The van der Waals surface area contributed by atoms with Gasteiger partial charge >= 0.3 is 7.60 Å². The number of hydrogen-bond donors (Lipinski definition) is 1. The first-order chi connectivity index (χ1) is 18.5. The minimum Gasteiger partial charge on any atom is -0.365 e. The van der Waals surface area contributed by atoms with Crippen molar-refractivity contribution in [1.82, 2.24) is 5.32 Å². The number of rotatable bonds is 13. The fourth-order valence-electron chi connectivity index (χ4n) is 7.15. The second-order valence-corrected chi connectivity index (χ2v) is 14.1. The van der Waals surface area contributed by atoms with Crippen LogP contribution in [0.3, 0.4) is 0 Å². The van der Waals surface area contributed by atoms with E-state index in [4.69, 9.17) is 13.8 Å². The predicted molar refractivity (Wildman–Crippen MR) is 148 cm³/mol. The first-order valence-electron chi connectivity index (χ1n) is 13.8. The van der Waals surface area contributed by atoms with Crippen molar-refractivity contribution in [2.75, 3.05) is 20.4 Å². The summed E-state index contributed by atoms with van der Waals surface area (Å²) in [5.41, 5.74) is -0.886. The van der Waals surface area contributed by atoms with Gasteiger partial charge in [0.1, 0.15) is 17.9 Å². The highest BCUT2D eigenvalue weighted by molar-refractivity contribution is 7.54. The number of allylic oxidation sites excluding steroid dienone is 1. The Kier molecular flexibility index (Phi) is 8.73. The number of carbonyl (C=O) groups excluding carboxylic acids is 3. The lowest BCUT2D eigenvalue weighted by molar-refractivity contribution is -0.146. The van der Waals surface area contributed by atoms with Gasteiger partial charge in [-0.3, -0.25) is 14.2 Å². The Morgan fingerprint density at radius 3 is 2.49 bits per heavy atom. The largest absolute Gasteiger partial charge is 0.365 e. The van der Waals surface area contributed by atoms with E-state index in [1.54, 1.807) is 0 Å². The zero-order valence-corrected chi connectivity index (χ0v) is 24.7. The van der Waals surface area contributed by atoms with E-state index < -0.39 is 36.5 Å². The zero-order chi connectivity index (χ0) is 28.6. The number of epoxide rings is 1. The summed E-state index contributed by atoms with van der Waals surface area (Å²) in [5, 5.41) is 3.18. The number of Topliss-reactive ketones (excluding diaryl/α,β-unsaturated/α-hetero) is 1. The lowest BCUT2D eigenvalue weighted by Gasteiger charge is -2.46. The summed E-state index contributed by atoms with van der Waals surface area (Å²) < 4.78 is 29.7. The van der Waals surface area contributed by atoms with Crippen LogP contribution in [0.1, 0.15) is 46.1 Å². The molecule has 39 heavy (non-hydrogen) atoms. The van der Waals surface area contributed by atoms with E-state index in [0.717, 1.165) is 18.3 Å². The summed E-state index contributed by atoms with van der Waals surface area (Å²) in [4.78, 5) is 39.6. The fraction of sp³-hybridized carbons (Fsp3) is 0.633. The normalized spacial score (nSPS) is 35.1. The maximum absolute atomic E-state index is 14.3. The number of hydrogen-bond acceptors (Lipinski definition) is 7. The molecule has 1 saturated carbocycles. The Labute approximate surface area is 231 Å². The predicted octanol–water partition coefficient (Wildman–Crippen LogP) is 4.62. The van der Waals surface area contributed by atoms with Crippen LogP contribution < -0.4 is 5.32 Å². The molecule has 1 aromatic carbocycles. The fourth-order valence-corrected chi connectivity index (χ4v) is 8.17. The van der Waals surface area contributed by atoms with Crippen LogP contribution >= 0.6 is 7.60 Å². The number of aldehydes is 1. The molecule has 9 atom stereocenters. The van der Waals surface area contributed by atoms with E-state index in [0.29, 0.717) is 12.8 Å². The van der Waals surface area contributed by atoms with Crippen molar-refractivity contribution < 1.29 is 32.7 Å². The van der Waals surface area contributed by atoms with Crippen LogP contribution in [0.5, 0.6) is 0 Å². The van der Waals surface area contributed by atoms with Gasteiger partial charge in [-0.05, 0) is 43.6 Å². The summed E-state index contributed by atoms with van der Waals surface area (Å²) in [5.74, 6) is -1.59. The minimum absolute atomic E-state index is 0.0344. The molecule has 9 heteroatoms. The molecule has 1 amide bonds. The van der Waals surface area contributed by atoms with Crippen LogP contribution in [-0.2, 0) is 39.2 Å². The summed E-state index contributed by atoms with van der Waals surface area (Å²) in [7, 11) is -1.22. The molecule has 0 radical (unpaired) electrons. The smallest absolute Gasteiger partial charge is 0.337 e. The van der Waals surface area contributed by atoms with E-state index in [2.05, 4.69) is 26.1 Å². The van der Waals surface area contributed by atoms with Crippen molar-refractivity contribution in [3.05, 3.63) is 48.0 Å². The third kappa shape index (κ3) is 5.33. The molecule has 1 aliphatic carbocycles. The van der Waals surface area contributed by atoms with Gasteiger partial charge in [0.15, 0.2) is 5.78 Å². The summed E-state index contributed by atoms with van der Waals surface area (Å²) in [6.45, 7) is 8.10. The average molecular weight is 560 g/mol. The van der Waals surface area contributed by atoms with Gasteiger partial charge in [0.25, 0.3) is 0 Å². The third-order valence-electron chi connectivity index (χ3n) is 9.38. The molecule has 2 heterocycles. The standard InChI is InChI=1S/C30H42NO7P/c1-19(15-20(2)17-32)11-10-14-23-27-29(4,38-27)21(3)26-24(16-22-12-8-7-9-13-22)31-28(34)30(23,26)25(33)18-39(35,36-5)37-6/h7-10,12-14,17,19-21,23-24,26-27H,11,15-16,18H2,1-6H3,(H,31,34)/b14-10+/t19-,20-,21-,23-,24-,26-,27-,29+,30-/m0/s1. The van der Waals surface area contributed by atoms with Crippen molar-refractivity contribution in [2.45, 2.75) is 64.7 Å². The van der Waals surface area contributed by atoms with Crippen LogP contribution in [-0.4, -0.2) is 56.1 Å². The Bertz CT molecular complexity index is 1150. The Morgan fingerprint density at radius 1 is 1.21 bits per heavy atom. The van der Waals surface area contributed by atoms with Crippen molar-refractivity contribution in [3.63, 3.8) is 0 Å². The Balaban J connectivity index is 1.75. The second-order valence-electron chi connectivity index (χ2n) is 11.9. The Morgan fingerprint density at radius 2 is 1.87 bits per heavy atom. The molecule has 2 aliphatic heterocycles. The van der Waals surface area contributed by atoms with Crippen LogP contribution in [0.4, 0.5) is 0 Å². The van der Waals surface area contributed by atoms with Crippen LogP contribution in [0.2, 0.25) is 0 Å². The molecule has 0 bridgehead atoms. The molecule has 1 N–H and O–H groups in total. The van der Waals surface area contributed by atoms with Crippen molar-refractivity contribution >= 4 is 25.6 Å². The highest BCUT2D eigenvalue weighted by Gasteiger charge is 2.78. The lowest BCUT2D eigenvalue weighted by atomic mass is 9.52. The van der Waals surface area contributed by atoms with Gasteiger partial charge in [-0.1, -0.05) is 63.3 Å². The number of carbonyl (C=O) groups is 3. The second kappa shape index (κ2) is 11.4. The third-order valence-corrected chi connectivity index (χ3v) is 11.2. The number of benzene rings is 1. The van der Waals surface area contributed by atoms with Gasteiger partial charge in [0.2, 0.25) is 5.91 Å². The monoisotopic (exact) mass is 559 g/mol. The van der Waals surface area contributed by atoms with E-state index in [-0.39, 0.29) is 41.7 Å². The molecule has 0 aromatic heterocycles. The molecular weight excluding hydrogens is 517 g/mol. The van der Waals surface area contributed by atoms with Gasteiger partial charge in [-0.15, -0.1) is 0 Å². The summed E-state index contributed by atoms with van der Waals surface area (Å²) in [6, 6.07) is 9.60. The SMILES string of the molecule is COP(=O)(CC(=O)[C@]12C(=O)N[C@@H](Cc3ccccc3)[C@@H]1[C@H](C)[C@@]1(C)O[C@H]1[C@@H]2/C=C/C[C@H](C)C[C@H](C)C=O)OC. The number of ether oxygens (including phenoxy) is 1. The maximum Gasteiger partial charge on any atom is 0.337 e. The zero-order valence-electron chi connectivity index (χ0n) is 23.8. The van der Waals surface area contributed by atoms with Gasteiger partial charge in [0, 0.05) is 38.0 Å². The van der Waals surface area contributed by atoms with Crippen LogP contribution in [0.25, 0.3) is 0 Å². The molecule has 0 unspecified atom stereocenters. The molecule has 2 saturated heterocycles. The molecule has 0 spiro atoms. The van der Waals surface area contributed by atoms with Gasteiger partial charge in [-0.2, -0.15) is 0 Å². The molecule has 3 aliphatic rings. The van der Waals surface area contributed by atoms with E-state index in [9.17, 15) is 18.9 Å². The molecule has 1 aromatic rings. The molecular formula is C30H42NO7P.